The fourth-order valence-electron chi connectivity index (χ4n) is 5.51. The van der Waals surface area contributed by atoms with Crippen molar-refractivity contribution >= 4 is 12.0 Å². The minimum atomic E-state index is -4.43. The van der Waals surface area contributed by atoms with Crippen molar-refractivity contribution in [2.24, 2.45) is 0 Å². The molecule has 0 aromatic heterocycles. The summed E-state index contributed by atoms with van der Waals surface area (Å²) in [5.74, 6) is -0.525. The fourth-order valence-corrected chi connectivity index (χ4v) is 5.51. The largest absolute Gasteiger partial charge is 0.489 e. The molecule has 1 saturated carbocycles. The normalized spacial score (nSPS) is 18.5. The van der Waals surface area contributed by atoms with Gasteiger partial charge in [0.15, 0.2) is 0 Å². The summed E-state index contributed by atoms with van der Waals surface area (Å²) in [5, 5.41) is 11.7. The van der Waals surface area contributed by atoms with Gasteiger partial charge in [-0.05, 0) is 69.0 Å². The molecule has 41 heavy (non-hydrogen) atoms. The summed E-state index contributed by atoms with van der Waals surface area (Å²) in [6.45, 7) is 6.73. The van der Waals surface area contributed by atoms with Crippen LogP contribution in [0.2, 0.25) is 0 Å². The van der Waals surface area contributed by atoms with Crippen molar-refractivity contribution in [2.45, 2.75) is 82.8 Å². The Morgan fingerprint density at radius 2 is 1.54 bits per heavy atom. The predicted molar refractivity (Wildman–Crippen MR) is 147 cm³/mol. The Kier molecular flexibility index (Phi) is 9.21. The minimum absolute atomic E-state index is 0.0442. The van der Waals surface area contributed by atoms with Crippen molar-refractivity contribution in [2.75, 3.05) is 26.2 Å². The highest BCUT2D eigenvalue weighted by Gasteiger charge is 2.45. The highest BCUT2D eigenvalue weighted by Crippen LogP contribution is 2.41. The Labute approximate surface area is 239 Å². The number of nitrogens with zero attached hydrogens (tertiary/aromatic N) is 2. The molecule has 7 nitrogen and oxygen atoms in total. The number of carbonyl (C=O) groups is 2. The SMILES string of the molecule is CC(C)(C)OC(=O)N1CCN(C(=O)C(c2ccc(OCc3cccc(C(F)(F)F)c3)cc2)C2(O)CCCCC2)CC1. The first-order valence-corrected chi connectivity index (χ1v) is 14.1. The van der Waals surface area contributed by atoms with Gasteiger partial charge < -0.3 is 24.4 Å². The van der Waals surface area contributed by atoms with Crippen LogP contribution in [0.15, 0.2) is 48.5 Å². The molecule has 1 aliphatic carbocycles. The van der Waals surface area contributed by atoms with Gasteiger partial charge in [-0.2, -0.15) is 13.2 Å². The van der Waals surface area contributed by atoms with E-state index in [1.807, 2.05) is 20.8 Å². The van der Waals surface area contributed by atoms with Gasteiger partial charge >= 0.3 is 12.3 Å². The lowest BCUT2D eigenvalue weighted by atomic mass is 9.72. The molecule has 2 aromatic rings. The summed E-state index contributed by atoms with van der Waals surface area (Å²) in [7, 11) is 0. The molecule has 2 aliphatic rings. The molecule has 1 heterocycles. The maximum Gasteiger partial charge on any atom is 0.416 e. The van der Waals surface area contributed by atoms with Crippen molar-refractivity contribution < 1.29 is 37.3 Å². The number of hydrogen-bond donors (Lipinski definition) is 1. The van der Waals surface area contributed by atoms with E-state index in [4.69, 9.17) is 9.47 Å². The zero-order valence-corrected chi connectivity index (χ0v) is 23.9. The van der Waals surface area contributed by atoms with E-state index >= 15 is 0 Å². The van der Waals surface area contributed by atoms with Crippen LogP contribution in [0.4, 0.5) is 18.0 Å². The second-order valence-electron chi connectivity index (χ2n) is 11.9. The number of piperazine rings is 1. The Morgan fingerprint density at radius 1 is 0.927 bits per heavy atom. The second-order valence-corrected chi connectivity index (χ2v) is 11.9. The molecule has 0 radical (unpaired) electrons. The number of hydrogen-bond acceptors (Lipinski definition) is 5. The van der Waals surface area contributed by atoms with Crippen LogP contribution in [-0.2, 0) is 22.3 Å². The third kappa shape index (κ3) is 7.93. The molecule has 10 heteroatoms. The smallest absolute Gasteiger partial charge is 0.416 e. The van der Waals surface area contributed by atoms with Crippen LogP contribution >= 0.6 is 0 Å². The summed E-state index contributed by atoms with van der Waals surface area (Å²) in [5.41, 5.74) is -1.50. The number of rotatable bonds is 6. The van der Waals surface area contributed by atoms with Crippen molar-refractivity contribution in [3.05, 3.63) is 65.2 Å². The average Bonchev–Trinajstić information content (AvgIpc) is 2.92. The van der Waals surface area contributed by atoms with E-state index in [2.05, 4.69) is 0 Å². The standard InChI is InChI=1S/C31H39F3N2O5/c1-29(2,3)41-28(38)36-18-16-35(17-19-36)27(37)26(30(39)14-5-4-6-15-30)23-10-12-25(13-11-23)40-21-22-8-7-9-24(20-22)31(32,33)34/h7-13,20,26,39H,4-6,14-19,21H2,1-3H3. The molecule has 4 rings (SSSR count). The number of aliphatic hydroxyl groups is 1. The van der Waals surface area contributed by atoms with Gasteiger partial charge in [-0.25, -0.2) is 4.79 Å². The summed E-state index contributed by atoms with van der Waals surface area (Å²) < 4.78 is 50.3. The fraction of sp³-hybridized carbons (Fsp3) is 0.548. The van der Waals surface area contributed by atoms with Crippen LogP contribution in [0.1, 0.15) is 75.5 Å². The number of ether oxygens (including phenoxy) is 2. The van der Waals surface area contributed by atoms with Gasteiger partial charge in [0.05, 0.1) is 17.1 Å². The molecule has 2 amide bonds. The number of halogens is 3. The van der Waals surface area contributed by atoms with E-state index < -0.39 is 35.0 Å². The van der Waals surface area contributed by atoms with Gasteiger partial charge in [-0.3, -0.25) is 4.79 Å². The minimum Gasteiger partial charge on any atom is -0.489 e. The lowest BCUT2D eigenvalue weighted by Crippen LogP contribution is -2.55. The van der Waals surface area contributed by atoms with E-state index in [0.29, 0.717) is 55.9 Å². The summed E-state index contributed by atoms with van der Waals surface area (Å²) in [6, 6.07) is 11.8. The summed E-state index contributed by atoms with van der Waals surface area (Å²) in [4.78, 5) is 29.7. The lowest BCUT2D eigenvalue weighted by molar-refractivity contribution is -0.143. The molecule has 1 unspecified atom stereocenters. The summed E-state index contributed by atoms with van der Waals surface area (Å²) >= 11 is 0. The van der Waals surface area contributed by atoms with Crippen LogP contribution < -0.4 is 4.74 Å². The van der Waals surface area contributed by atoms with Crippen LogP contribution in [-0.4, -0.2) is 64.3 Å². The van der Waals surface area contributed by atoms with Crippen LogP contribution in [0.5, 0.6) is 5.75 Å². The molecule has 1 N–H and O–H groups in total. The quantitative estimate of drug-likeness (QED) is 0.447. The molecular formula is C31H39F3N2O5. The molecule has 0 bridgehead atoms. The number of benzene rings is 2. The summed E-state index contributed by atoms with van der Waals surface area (Å²) in [6.07, 6.45) is -1.17. The number of alkyl halides is 3. The molecule has 1 aliphatic heterocycles. The Bertz CT molecular complexity index is 1200. The Balaban J connectivity index is 1.46. The molecule has 2 fully saturated rings. The maximum absolute atomic E-state index is 13.9. The van der Waals surface area contributed by atoms with Gasteiger partial charge in [0.2, 0.25) is 5.91 Å². The van der Waals surface area contributed by atoms with Crippen LogP contribution in [0, 0.1) is 0 Å². The Hall–Kier alpha value is -3.27. The first kappa shape index (κ1) is 30.7. The van der Waals surface area contributed by atoms with E-state index in [-0.39, 0.29) is 12.5 Å². The van der Waals surface area contributed by atoms with Gasteiger partial charge in [0.25, 0.3) is 0 Å². The van der Waals surface area contributed by atoms with Crippen LogP contribution in [0.3, 0.4) is 0 Å². The van der Waals surface area contributed by atoms with E-state index in [9.17, 15) is 27.9 Å². The molecule has 0 spiro atoms. The zero-order valence-electron chi connectivity index (χ0n) is 23.9. The number of amides is 2. The van der Waals surface area contributed by atoms with E-state index in [0.717, 1.165) is 31.4 Å². The maximum atomic E-state index is 13.9. The lowest BCUT2D eigenvalue weighted by Gasteiger charge is -2.43. The highest BCUT2D eigenvalue weighted by atomic mass is 19.4. The molecule has 1 saturated heterocycles. The van der Waals surface area contributed by atoms with Crippen LogP contribution in [0.25, 0.3) is 0 Å². The predicted octanol–water partition coefficient (Wildman–Crippen LogP) is 6.14. The van der Waals surface area contributed by atoms with Crippen molar-refractivity contribution in [1.82, 2.24) is 9.80 Å². The molecule has 224 valence electrons. The van der Waals surface area contributed by atoms with Gasteiger partial charge in [0, 0.05) is 26.2 Å². The third-order valence-corrected chi connectivity index (χ3v) is 7.62. The van der Waals surface area contributed by atoms with Gasteiger partial charge in [0.1, 0.15) is 18.0 Å². The molecule has 2 aromatic carbocycles. The average molecular weight is 577 g/mol. The van der Waals surface area contributed by atoms with E-state index in [1.165, 1.54) is 6.07 Å². The zero-order chi connectivity index (χ0) is 29.8. The first-order valence-electron chi connectivity index (χ1n) is 14.1. The first-order chi connectivity index (χ1) is 19.2. The highest BCUT2D eigenvalue weighted by molar-refractivity contribution is 5.85. The number of carbonyl (C=O) groups excluding carboxylic acids is 2. The van der Waals surface area contributed by atoms with Crippen molar-refractivity contribution in [3.8, 4) is 5.75 Å². The Morgan fingerprint density at radius 3 is 2.12 bits per heavy atom. The second kappa shape index (κ2) is 12.3. The molecule has 1 atom stereocenters. The van der Waals surface area contributed by atoms with Gasteiger partial charge in [-0.15, -0.1) is 0 Å². The van der Waals surface area contributed by atoms with Crippen molar-refractivity contribution in [1.29, 1.82) is 0 Å². The topological polar surface area (TPSA) is 79.3 Å². The third-order valence-electron chi connectivity index (χ3n) is 7.62. The van der Waals surface area contributed by atoms with Crippen molar-refractivity contribution in [3.63, 3.8) is 0 Å². The molecular weight excluding hydrogens is 537 g/mol. The van der Waals surface area contributed by atoms with Gasteiger partial charge in [-0.1, -0.05) is 43.5 Å². The van der Waals surface area contributed by atoms with E-state index in [1.54, 1.807) is 40.1 Å². The monoisotopic (exact) mass is 576 g/mol.